The van der Waals surface area contributed by atoms with E-state index >= 15 is 4.39 Å². The summed E-state index contributed by atoms with van der Waals surface area (Å²) in [5, 5.41) is 15.1. The predicted molar refractivity (Wildman–Crippen MR) is 95.6 cm³/mol. The molecule has 2 atom stereocenters. The molecule has 0 spiro atoms. The summed E-state index contributed by atoms with van der Waals surface area (Å²) >= 11 is 0. The van der Waals surface area contributed by atoms with Crippen LogP contribution in [-0.2, 0) is 22.2 Å². The van der Waals surface area contributed by atoms with Gasteiger partial charge in [0.05, 0.1) is 16.7 Å². The molecule has 1 aromatic rings. The first-order valence-corrected chi connectivity index (χ1v) is 8.66. The zero-order valence-electron chi connectivity index (χ0n) is 16.2. The second-order valence-corrected chi connectivity index (χ2v) is 7.57. The van der Waals surface area contributed by atoms with E-state index in [1.54, 1.807) is 20.8 Å². The minimum atomic E-state index is -1.98. The molecule has 0 saturated heterocycles. The van der Waals surface area contributed by atoms with Gasteiger partial charge in [0.15, 0.2) is 11.4 Å². The van der Waals surface area contributed by atoms with Crippen LogP contribution in [0.15, 0.2) is 11.2 Å². The highest BCUT2D eigenvalue weighted by Crippen LogP contribution is 2.43. The molecule has 0 aromatic carbocycles. The van der Waals surface area contributed by atoms with Crippen molar-refractivity contribution in [1.82, 2.24) is 9.78 Å². The molecule has 1 saturated carbocycles. The lowest BCUT2D eigenvalue weighted by molar-refractivity contribution is -0.386. The summed E-state index contributed by atoms with van der Waals surface area (Å²) in [6.07, 6.45) is -0.0491. The Morgan fingerprint density at radius 3 is 2.70 bits per heavy atom. The number of rotatable bonds is 3. The number of alkyl halides is 1. The fraction of sp³-hybridized carbons (Fsp3) is 0.706. The van der Waals surface area contributed by atoms with Crippen LogP contribution in [0.2, 0.25) is 0 Å². The number of carbonyl (C=O) groups excluding carboxylic acids is 1. The van der Waals surface area contributed by atoms with Crippen molar-refractivity contribution in [3.63, 3.8) is 0 Å². The lowest BCUT2D eigenvalue weighted by Gasteiger charge is -2.22. The Bertz CT molecular complexity index is 755. The third kappa shape index (κ3) is 4.88. The zero-order valence-corrected chi connectivity index (χ0v) is 16.2. The molecule has 1 aliphatic rings. The Hall–Kier alpha value is -2.36. The summed E-state index contributed by atoms with van der Waals surface area (Å²) in [7, 11) is 2.92. The number of carbonyl (C=O) groups is 1. The molecule has 1 amide bonds. The molecule has 150 valence electrons. The topological polar surface area (TPSA) is 109 Å². The van der Waals surface area contributed by atoms with E-state index in [0.29, 0.717) is 5.71 Å². The summed E-state index contributed by atoms with van der Waals surface area (Å²) in [6.45, 7) is 5.17. The average Bonchev–Trinajstić information content (AvgIpc) is 2.86. The maximum absolute atomic E-state index is 15.8. The van der Waals surface area contributed by atoms with Crippen molar-refractivity contribution in [2.45, 2.75) is 63.8 Å². The lowest BCUT2D eigenvalue weighted by Crippen LogP contribution is -2.26. The largest absolute Gasteiger partial charge is 0.442 e. The van der Waals surface area contributed by atoms with E-state index in [0.717, 1.165) is 6.20 Å². The number of nitro groups is 1. The summed E-state index contributed by atoms with van der Waals surface area (Å²) < 4.78 is 27.5. The Morgan fingerprint density at radius 1 is 1.48 bits per heavy atom. The summed E-state index contributed by atoms with van der Waals surface area (Å²) in [5.41, 5.74) is -2.75. The van der Waals surface area contributed by atoms with E-state index in [9.17, 15) is 14.9 Å². The van der Waals surface area contributed by atoms with Gasteiger partial charge in [-0.3, -0.25) is 14.8 Å². The van der Waals surface area contributed by atoms with Crippen LogP contribution in [0.4, 0.5) is 14.9 Å². The van der Waals surface area contributed by atoms with E-state index in [2.05, 4.69) is 10.1 Å². The van der Waals surface area contributed by atoms with Gasteiger partial charge in [-0.1, -0.05) is 0 Å². The average molecular weight is 384 g/mol. The minimum absolute atomic E-state index is 0.0147. The Morgan fingerprint density at radius 2 is 2.15 bits per heavy atom. The quantitative estimate of drug-likeness (QED) is 0.448. The number of ether oxygens (including phenoxy) is 2. The third-order valence-electron chi connectivity index (χ3n) is 4.41. The number of nitrogens with zero attached hydrogens (tertiary/aromatic N) is 4. The number of aromatic nitrogens is 2. The normalized spacial score (nSPS) is 25.3. The second-order valence-electron chi connectivity index (χ2n) is 7.57. The van der Waals surface area contributed by atoms with Crippen LogP contribution < -0.4 is 0 Å². The maximum Gasteiger partial charge on any atom is 0.434 e. The molecule has 1 fully saturated rings. The van der Waals surface area contributed by atoms with Gasteiger partial charge < -0.3 is 9.47 Å². The van der Waals surface area contributed by atoms with Gasteiger partial charge in [-0.25, -0.2) is 9.18 Å². The Labute approximate surface area is 156 Å². The van der Waals surface area contributed by atoms with Crippen molar-refractivity contribution in [2.75, 3.05) is 7.11 Å². The number of methoxy groups -OCH3 is 1. The molecule has 0 radical (unpaired) electrons. The van der Waals surface area contributed by atoms with Gasteiger partial charge in [-0.15, -0.1) is 0 Å². The van der Waals surface area contributed by atoms with Crippen LogP contribution in [0, 0.1) is 10.1 Å². The van der Waals surface area contributed by atoms with Gasteiger partial charge in [0, 0.05) is 14.2 Å². The van der Waals surface area contributed by atoms with Crippen molar-refractivity contribution in [3.05, 3.63) is 22.0 Å². The van der Waals surface area contributed by atoms with Crippen LogP contribution in [0.3, 0.4) is 0 Å². The third-order valence-corrected chi connectivity index (χ3v) is 4.41. The molecule has 9 nitrogen and oxygen atoms in total. The highest BCUT2D eigenvalue weighted by atomic mass is 19.1. The van der Waals surface area contributed by atoms with E-state index in [-0.39, 0.29) is 37.1 Å². The fourth-order valence-corrected chi connectivity index (χ4v) is 3.24. The number of hydrogen-bond acceptors (Lipinski definition) is 6. The lowest BCUT2D eigenvalue weighted by atomic mass is 9.91. The number of aryl methyl sites for hydroxylation is 1. The van der Waals surface area contributed by atoms with E-state index in [1.165, 1.54) is 18.8 Å². The van der Waals surface area contributed by atoms with Gasteiger partial charge in [0.25, 0.3) is 0 Å². The van der Waals surface area contributed by atoms with Crippen molar-refractivity contribution in [3.8, 4) is 0 Å². The van der Waals surface area contributed by atoms with Crippen LogP contribution in [0.1, 0.15) is 52.1 Å². The molecule has 0 aliphatic heterocycles. The molecule has 27 heavy (non-hydrogen) atoms. The van der Waals surface area contributed by atoms with Gasteiger partial charge in [-0.2, -0.15) is 10.1 Å². The van der Waals surface area contributed by atoms with Crippen LogP contribution in [0.5, 0.6) is 0 Å². The number of aliphatic imine (C=N–C) groups is 1. The van der Waals surface area contributed by atoms with Crippen LogP contribution in [-0.4, -0.2) is 45.3 Å². The molecule has 10 heteroatoms. The predicted octanol–water partition coefficient (Wildman–Crippen LogP) is 3.46. The molecule has 2 rings (SSSR count). The Kier molecular flexibility index (Phi) is 5.98. The highest BCUT2D eigenvalue weighted by Gasteiger charge is 2.44. The molecular weight excluding hydrogens is 359 g/mol. The molecule has 1 heterocycles. The fourth-order valence-electron chi connectivity index (χ4n) is 3.24. The SMILES string of the molecule is CO[C@@H]1CCC(F)(c2c([N+](=O)[O-])cnn2C)CC/C1=N\C(=O)OC(C)(C)C. The van der Waals surface area contributed by atoms with E-state index in [4.69, 9.17) is 9.47 Å². The first-order chi connectivity index (χ1) is 12.5. The van der Waals surface area contributed by atoms with Crippen LogP contribution >= 0.6 is 0 Å². The standard InChI is InChI=1S/C17H25FN4O5/c1-16(2,3)27-15(23)20-11-6-8-17(18,9-7-13(11)26-5)14-12(22(24)25)10-19-21(14)4/h10,13H,6-9H2,1-5H3/b20-11+/t13-,17?/m1/s1. The molecule has 1 aromatic heterocycles. The summed E-state index contributed by atoms with van der Waals surface area (Å²) in [5.74, 6) is 0. The maximum atomic E-state index is 15.8. The van der Waals surface area contributed by atoms with Crippen molar-refractivity contribution in [2.24, 2.45) is 12.0 Å². The van der Waals surface area contributed by atoms with Crippen molar-refractivity contribution < 1.29 is 23.6 Å². The molecular formula is C17H25FN4O5. The highest BCUT2D eigenvalue weighted by molar-refractivity contribution is 5.96. The summed E-state index contributed by atoms with van der Waals surface area (Å²) in [6, 6.07) is 0. The number of halogens is 1. The zero-order chi connectivity index (χ0) is 20.4. The monoisotopic (exact) mass is 384 g/mol. The van der Waals surface area contributed by atoms with Crippen molar-refractivity contribution >= 4 is 17.5 Å². The molecule has 1 aliphatic carbocycles. The van der Waals surface area contributed by atoms with Gasteiger partial charge >= 0.3 is 11.8 Å². The second kappa shape index (κ2) is 7.71. The van der Waals surface area contributed by atoms with Crippen molar-refractivity contribution in [1.29, 1.82) is 0 Å². The smallest absolute Gasteiger partial charge is 0.434 e. The van der Waals surface area contributed by atoms with E-state index in [1.807, 2.05) is 0 Å². The van der Waals surface area contributed by atoms with Gasteiger partial charge in [0.1, 0.15) is 11.8 Å². The number of hydrogen-bond donors (Lipinski definition) is 0. The van der Waals surface area contributed by atoms with Crippen LogP contribution in [0.25, 0.3) is 0 Å². The first kappa shape index (κ1) is 20.9. The first-order valence-electron chi connectivity index (χ1n) is 8.66. The van der Waals surface area contributed by atoms with Gasteiger partial charge in [-0.05, 0) is 46.5 Å². The minimum Gasteiger partial charge on any atom is -0.442 e. The molecule has 1 unspecified atom stereocenters. The molecule has 0 bridgehead atoms. The van der Waals surface area contributed by atoms with Gasteiger partial charge in [0.2, 0.25) is 0 Å². The molecule has 0 N–H and O–H groups in total. The summed E-state index contributed by atoms with van der Waals surface area (Å²) in [4.78, 5) is 26.6. The number of amides is 1. The Balaban J connectivity index is 2.32. The van der Waals surface area contributed by atoms with E-state index < -0.39 is 28.4 Å².